The van der Waals surface area contributed by atoms with Crippen LogP contribution in [0.1, 0.15) is 6.42 Å². The number of nitro groups is 1. The summed E-state index contributed by atoms with van der Waals surface area (Å²) in [7, 11) is 1.33. The second-order valence-electron chi connectivity index (χ2n) is 3.69. The zero-order chi connectivity index (χ0) is 13.1. The van der Waals surface area contributed by atoms with Crippen molar-refractivity contribution >= 4 is 22.7 Å². The van der Waals surface area contributed by atoms with Crippen molar-refractivity contribution in [1.82, 2.24) is 9.55 Å². The summed E-state index contributed by atoms with van der Waals surface area (Å²) in [5.41, 5.74) is 1.29. The number of nitrogens with zero attached hydrogens (tertiary/aromatic N) is 3. The van der Waals surface area contributed by atoms with Crippen molar-refractivity contribution in [1.29, 1.82) is 0 Å². The molecular formula is C11H11N3O4. The van der Waals surface area contributed by atoms with Gasteiger partial charge >= 0.3 is 5.97 Å². The van der Waals surface area contributed by atoms with Crippen LogP contribution >= 0.6 is 0 Å². The molecule has 0 radical (unpaired) electrons. The van der Waals surface area contributed by atoms with Gasteiger partial charge in [-0.05, 0) is 6.07 Å². The Kier molecular flexibility index (Phi) is 3.22. The molecule has 0 amide bonds. The molecule has 1 aromatic carbocycles. The quantitative estimate of drug-likeness (QED) is 0.465. The third-order valence-corrected chi connectivity index (χ3v) is 2.60. The van der Waals surface area contributed by atoms with Crippen LogP contribution in [0.3, 0.4) is 0 Å². The van der Waals surface area contributed by atoms with Gasteiger partial charge in [0.05, 0.1) is 35.8 Å². The Bertz CT molecular complexity index is 605. The minimum Gasteiger partial charge on any atom is -0.469 e. The van der Waals surface area contributed by atoms with Gasteiger partial charge in [-0.1, -0.05) is 0 Å². The number of nitro benzene ring substituents is 1. The van der Waals surface area contributed by atoms with Gasteiger partial charge in [0, 0.05) is 18.7 Å². The van der Waals surface area contributed by atoms with Gasteiger partial charge in [0.1, 0.15) is 0 Å². The maximum Gasteiger partial charge on any atom is 0.307 e. The fourth-order valence-electron chi connectivity index (χ4n) is 1.66. The third kappa shape index (κ3) is 2.29. The molecule has 7 nitrogen and oxygen atoms in total. The molecule has 0 N–H and O–H groups in total. The topological polar surface area (TPSA) is 87.3 Å². The van der Waals surface area contributed by atoms with E-state index in [0.717, 1.165) is 5.52 Å². The van der Waals surface area contributed by atoms with E-state index in [2.05, 4.69) is 9.72 Å². The van der Waals surface area contributed by atoms with Gasteiger partial charge in [-0.25, -0.2) is 4.98 Å². The number of hydrogen-bond acceptors (Lipinski definition) is 5. The van der Waals surface area contributed by atoms with E-state index in [1.54, 1.807) is 17.0 Å². The second-order valence-corrected chi connectivity index (χ2v) is 3.69. The number of aromatic nitrogens is 2. The summed E-state index contributed by atoms with van der Waals surface area (Å²) in [6.07, 6.45) is 1.79. The SMILES string of the molecule is COC(=O)CCn1cnc2cc([N+](=O)[O-])ccc21. The van der Waals surface area contributed by atoms with Crippen LogP contribution < -0.4 is 0 Å². The number of esters is 1. The summed E-state index contributed by atoms with van der Waals surface area (Å²) < 4.78 is 6.31. The van der Waals surface area contributed by atoms with E-state index in [0.29, 0.717) is 12.1 Å². The molecule has 0 bridgehead atoms. The molecule has 18 heavy (non-hydrogen) atoms. The van der Waals surface area contributed by atoms with E-state index in [1.165, 1.54) is 19.2 Å². The summed E-state index contributed by atoms with van der Waals surface area (Å²) in [6.45, 7) is 0.432. The third-order valence-electron chi connectivity index (χ3n) is 2.60. The molecule has 7 heteroatoms. The van der Waals surface area contributed by atoms with E-state index < -0.39 is 4.92 Å². The zero-order valence-corrected chi connectivity index (χ0v) is 9.70. The predicted octanol–water partition coefficient (Wildman–Crippen LogP) is 1.51. The highest BCUT2D eigenvalue weighted by atomic mass is 16.6. The monoisotopic (exact) mass is 249 g/mol. The number of benzene rings is 1. The van der Waals surface area contributed by atoms with E-state index in [9.17, 15) is 14.9 Å². The van der Waals surface area contributed by atoms with Gasteiger partial charge in [0.25, 0.3) is 5.69 Å². The molecule has 0 unspecified atom stereocenters. The minimum absolute atomic E-state index is 0.000665. The molecule has 0 aliphatic heterocycles. The molecule has 0 fully saturated rings. The summed E-state index contributed by atoms with van der Waals surface area (Å²) >= 11 is 0. The Hall–Kier alpha value is -2.44. The number of fused-ring (bicyclic) bond motifs is 1. The van der Waals surface area contributed by atoms with Crippen LogP contribution in [-0.4, -0.2) is 27.6 Å². The largest absolute Gasteiger partial charge is 0.469 e. The first kappa shape index (κ1) is 12.0. The van der Waals surface area contributed by atoms with Gasteiger partial charge in [-0.2, -0.15) is 0 Å². The molecule has 1 heterocycles. The normalized spacial score (nSPS) is 10.5. The summed E-state index contributed by atoms with van der Waals surface area (Å²) in [6, 6.07) is 4.44. The van der Waals surface area contributed by atoms with Crippen LogP contribution in [0.5, 0.6) is 0 Å². The Balaban J connectivity index is 2.26. The first-order valence-corrected chi connectivity index (χ1v) is 5.28. The maximum absolute atomic E-state index is 11.0. The van der Waals surface area contributed by atoms with E-state index in [1.807, 2.05) is 0 Å². The molecule has 0 atom stereocenters. The molecule has 1 aromatic heterocycles. The number of non-ortho nitro benzene ring substituents is 1. The molecule has 0 saturated carbocycles. The number of ether oxygens (including phenoxy) is 1. The number of imidazole rings is 1. The summed E-state index contributed by atoms with van der Waals surface area (Å²) in [5.74, 6) is -0.307. The molecule has 94 valence electrons. The number of hydrogen-bond donors (Lipinski definition) is 0. The standard InChI is InChI=1S/C11H11N3O4/c1-18-11(15)4-5-13-7-12-9-6-8(14(16)17)2-3-10(9)13/h2-3,6-7H,4-5H2,1H3. The van der Waals surface area contributed by atoms with Gasteiger partial charge in [0.15, 0.2) is 0 Å². The highest BCUT2D eigenvalue weighted by Crippen LogP contribution is 2.19. The number of carbonyl (C=O) groups excluding carboxylic acids is 1. The molecule has 0 saturated heterocycles. The van der Waals surface area contributed by atoms with Crippen molar-refractivity contribution in [2.24, 2.45) is 0 Å². The van der Waals surface area contributed by atoms with Crippen LogP contribution in [0.4, 0.5) is 5.69 Å². The molecule has 0 aliphatic carbocycles. The highest BCUT2D eigenvalue weighted by Gasteiger charge is 2.10. The van der Waals surface area contributed by atoms with Gasteiger partial charge in [-0.15, -0.1) is 0 Å². The fourth-order valence-corrected chi connectivity index (χ4v) is 1.66. The molecule has 2 rings (SSSR count). The highest BCUT2D eigenvalue weighted by molar-refractivity contribution is 5.78. The van der Waals surface area contributed by atoms with Gasteiger partial charge in [0.2, 0.25) is 0 Å². The number of aryl methyl sites for hydroxylation is 1. The summed E-state index contributed by atoms with van der Waals surface area (Å²) in [4.78, 5) is 25.3. The Morgan fingerprint density at radius 1 is 1.56 bits per heavy atom. The van der Waals surface area contributed by atoms with Crippen molar-refractivity contribution in [2.75, 3.05) is 7.11 Å². The Morgan fingerprint density at radius 2 is 2.33 bits per heavy atom. The van der Waals surface area contributed by atoms with E-state index in [-0.39, 0.29) is 18.1 Å². The van der Waals surface area contributed by atoms with Crippen molar-refractivity contribution in [3.05, 3.63) is 34.6 Å². The smallest absolute Gasteiger partial charge is 0.307 e. The average molecular weight is 249 g/mol. The van der Waals surface area contributed by atoms with Crippen molar-refractivity contribution in [2.45, 2.75) is 13.0 Å². The lowest BCUT2D eigenvalue weighted by Crippen LogP contribution is -2.06. The lowest BCUT2D eigenvalue weighted by Gasteiger charge is -2.02. The van der Waals surface area contributed by atoms with Crippen LogP contribution in [0.25, 0.3) is 11.0 Å². The van der Waals surface area contributed by atoms with Crippen LogP contribution in [0.15, 0.2) is 24.5 Å². The van der Waals surface area contributed by atoms with Crippen LogP contribution in [0.2, 0.25) is 0 Å². The Labute approximate surface area is 102 Å². The van der Waals surface area contributed by atoms with Crippen molar-refractivity contribution < 1.29 is 14.5 Å². The first-order chi connectivity index (χ1) is 8.61. The van der Waals surface area contributed by atoms with Crippen LogP contribution in [-0.2, 0) is 16.1 Å². The fraction of sp³-hybridized carbons (Fsp3) is 0.273. The number of carbonyl (C=O) groups is 1. The van der Waals surface area contributed by atoms with E-state index in [4.69, 9.17) is 0 Å². The van der Waals surface area contributed by atoms with Gasteiger partial charge in [-0.3, -0.25) is 14.9 Å². The number of methoxy groups -OCH3 is 1. The lowest BCUT2D eigenvalue weighted by molar-refractivity contribution is -0.384. The van der Waals surface area contributed by atoms with Gasteiger partial charge < -0.3 is 9.30 Å². The molecule has 0 spiro atoms. The molecule has 2 aromatic rings. The van der Waals surface area contributed by atoms with Crippen molar-refractivity contribution in [3.63, 3.8) is 0 Å². The zero-order valence-electron chi connectivity index (χ0n) is 9.70. The minimum atomic E-state index is -0.465. The average Bonchev–Trinajstić information content (AvgIpc) is 2.78. The maximum atomic E-state index is 11.0. The Morgan fingerprint density at radius 3 is 3.00 bits per heavy atom. The molecular weight excluding hydrogens is 238 g/mol. The van der Waals surface area contributed by atoms with Crippen LogP contribution in [0, 0.1) is 10.1 Å². The summed E-state index contributed by atoms with van der Waals surface area (Å²) in [5, 5.41) is 10.6. The first-order valence-electron chi connectivity index (χ1n) is 5.28. The predicted molar refractivity (Wildman–Crippen MR) is 63.0 cm³/mol. The van der Waals surface area contributed by atoms with Crippen molar-refractivity contribution in [3.8, 4) is 0 Å². The molecule has 0 aliphatic rings. The second kappa shape index (κ2) is 4.82. The number of rotatable bonds is 4. The van der Waals surface area contributed by atoms with E-state index >= 15 is 0 Å². The lowest BCUT2D eigenvalue weighted by atomic mass is 10.3.